The second-order valence-corrected chi connectivity index (χ2v) is 9.20. The molecule has 180 valence electrons. The first-order valence-electron chi connectivity index (χ1n) is 12.5. The van der Waals surface area contributed by atoms with E-state index in [-0.39, 0.29) is 0 Å². The Labute approximate surface area is 202 Å². The van der Waals surface area contributed by atoms with Crippen LogP contribution in [0.25, 0.3) is 22.2 Å². The van der Waals surface area contributed by atoms with Crippen molar-refractivity contribution in [1.29, 1.82) is 5.26 Å². The zero-order chi connectivity index (χ0) is 23.9. The molecule has 2 fully saturated rings. The first-order chi connectivity index (χ1) is 16.7. The zero-order valence-electron chi connectivity index (χ0n) is 20.2. The maximum atomic E-state index is 10.1. The van der Waals surface area contributed by atoms with Crippen LogP contribution in [0.1, 0.15) is 56.6 Å². The average Bonchev–Trinajstić information content (AvgIpc) is 3.46. The van der Waals surface area contributed by atoms with Gasteiger partial charge in [-0.15, -0.1) is 0 Å². The number of aliphatic hydroxyl groups is 1. The molecule has 0 bridgehead atoms. The van der Waals surface area contributed by atoms with Gasteiger partial charge in [0.1, 0.15) is 11.8 Å². The first kappa shape index (κ1) is 24.1. The van der Waals surface area contributed by atoms with Crippen LogP contribution in [0.5, 0.6) is 5.75 Å². The van der Waals surface area contributed by atoms with Crippen molar-refractivity contribution < 1.29 is 9.84 Å². The van der Waals surface area contributed by atoms with Gasteiger partial charge in [0.25, 0.3) is 0 Å². The van der Waals surface area contributed by atoms with Gasteiger partial charge in [0.2, 0.25) is 0 Å². The number of benzene rings is 2. The standard InChI is InChI=1S/C27H32N4O.CH4O/c28-19-25-24-13-12-23(32-17-4-3-16-30-14-1-2-15-30)18-26(24)31(22-6-5-7-22)27(25)20-8-10-21(29)11-9-20;1-2/h8-13,18,22H,1-7,14-17,29H2;2H,1H3. The number of likely N-dealkylation sites (tertiary alicyclic amines) is 1. The van der Waals surface area contributed by atoms with E-state index < -0.39 is 0 Å². The molecular formula is C28H36N4O2. The van der Waals surface area contributed by atoms with Crippen LogP contribution in [0.4, 0.5) is 5.69 Å². The summed E-state index contributed by atoms with van der Waals surface area (Å²) in [7, 11) is 1.00. The van der Waals surface area contributed by atoms with Crippen LogP contribution in [-0.4, -0.2) is 47.9 Å². The smallest absolute Gasteiger partial charge is 0.121 e. The second-order valence-electron chi connectivity index (χ2n) is 9.20. The summed E-state index contributed by atoms with van der Waals surface area (Å²) in [5.41, 5.74) is 10.6. The molecule has 2 aliphatic rings. The number of nitrogen functional groups attached to an aromatic ring is 1. The molecule has 1 saturated carbocycles. The Hall–Kier alpha value is -3.01. The Morgan fingerprint density at radius 1 is 1.03 bits per heavy atom. The summed E-state index contributed by atoms with van der Waals surface area (Å²) < 4.78 is 8.52. The minimum Gasteiger partial charge on any atom is -0.494 e. The van der Waals surface area contributed by atoms with Crippen LogP contribution in [0, 0.1) is 11.3 Å². The summed E-state index contributed by atoms with van der Waals surface area (Å²) in [5, 5.41) is 18.1. The van der Waals surface area contributed by atoms with Crippen molar-refractivity contribution in [3.63, 3.8) is 0 Å². The molecule has 3 N–H and O–H groups in total. The summed E-state index contributed by atoms with van der Waals surface area (Å²) in [5.74, 6) is 0.894. The van der Waals surface area contributed by atoms with E-state index in [0.717, 1.165) is 72.1 Å². The molecule has 2 heterocycles. The van der Waals surface area contributed by atoms with Gasteiger partial charge < -0.3 is 25.0 Å². The largest absolute Gasteiger partial charge is 0.494 e. The lowest BCUT2D eigenvalue weighted by Gasteiger charge is -2.30. The molecule has 6 heteroatoms. The van der Waals surface area contributed by atoms with E-state index in [0.29, 0.717) is 6.04 Å². The molecule has 5 rings (SSSR count). The maximum absolute atomic E-state index is 10.1. The van der Waals surface area contributed by atoms with E-state index in [1.54, 1.807) is 0 Å². The molecular weight excluding hydrogens is 424 g/mol. The molecule has 0 spiro atoms. The Kier molecular flexibility index (Phi) is 8.10. The third-order valence-electron chi connectivity index (χ3n) is 7.05. The number of nitriles is 1. The predicted octanol–water partition coefficient (Wildman–Crippen LogP) is 5.35. The maximum Gasteiger partial charge on any atom is 0.121 e. The van der Waals surface area contributed by atoms with Crippen molar-refractivity contribution in [2.75, 3.05) is 39.1 Å². The van der Waals surface area contributed by atoms with Crippen LogP contribution < -0.4 is 10.5 Å². The van der Waals surface area contributed by atoms with Gasteiger partial charge in [0, 0.05) is 30.3 Å². The number of hydrogen-bond acceptors (Lipinski definition) is 5. The van der Waals surface area contributed by atoms with Crippen LogP contribution in [0.15, 0.2) is 42.5 Å². The van der Waals surface area contributed by atoms with E-state index in [9.17, 15) is 5.26 Å². The molecule has 0 amide bonds. The van der Waals surface area contributed by atoms with Crippen LogP contribution >= 0.6 is 0 Å². The Bertz CT molecular complexity index is 1120. The summed E-state index contributed by atoms with van der Waals surface area (Å²) >= 11 is 0. The summed E-state index contributed by atoms with van der Waals surface area (Å²) in [6.07, 6.45) is 8.48. The SMILES string of the molecule is CO.N#Cc1c(-c2ccc(N)cc2)n(C2CCC2)c2cc(OCCCCN3CCCC3)ccc12. The number of hydrogen-bond donors (Lipinski definition) is 2. The molecule has 1 aliphatic heterocycles. The Balaban J connectivity index is 0.00000133. The van der Waals surface area contributed by atoms with Crippen molar-refractivity contribution >= 4 is 16.6 Å². The number of aliphatic hydroxyl groups excluding tert-OH is 1. The number of unbranched alkanes of at least 4 members (excludes halogenated alkanes) is 1. The molecule has 34 heavy (non-hydrogen) atoms. The number of fused-ring (bicyclic) bond motifs is 1. The number of rotatable bonds is 8. The molecule has 0 radical (unpaired) electrons. The molecule has 1 aliphatic carbocycles. The minimum atomic E-state index is 0.433. The number of ether oxygens (including phenoxy) is 1. The Morgan fingerprint density at radius 3 is 2.41 bits per heavy atom. The quantitative estimate of drug-likeness (QED) is 0.349. The van der Waals surface area contributed by atoms with Gasteiger partial charge >= 0.3 is 0 Å². The minimum absolute atomic E-state index is 0.433. The van der Waals surface area contributed by atoms with Gasteiger partial charge in [-0.1, -0.05) is 12.1 Å². The molecule has 0 unspecified atom stereocenters. The van der Waals surface area contributed by atoms with Crippen LogP contribution in [0.2, 0.25) is 0 Å². The zero-order valence-corrected chi connectivity index (χ0v) is 20.2. The molecule has 1 saturated heterocycles. The normalized spacial score (nSPS) is 16.0. The van der Waals surface area contributed by atoms with E-state index >= 15 is 0 Å². The predicted molar refractivity (Wildman–Crippen MR) is 138 cm³/mol. The second kappa shape index (κ2) is 11.4. The van der Waals surface area contributed by atoms with Crippen molar-refractivity contribution in [3.05, 3.63) is 48.0 Å². The van der Waals surface area contributed by atoms with E-state index in [2.05, 4.69) is 27.7 Å². The van der Waals surface area contributed by atoms with Crippen molar-refractivity contribution in [2.45, 2.75) is 51.0 Å². The van der Waals surface area contributed by atoms with Gasteiger partial charge in [0.05, 0.1) is 23.4 Å². The number of nitrogens with two attached hydrogens (primary N) is 1. The molecule has 0 atom stereocenters. The molecule has 1 aromatic heterocycles. The Morgan fingerprint density at radius 2 is 1.76 bits per heavy atom. The lowest BCUT2D eigenvalue weighted by Crippen LogP contribution is -2.20. The van der Waals surface area contributed by atoms with E-state index in [1.165, 1.54) is 45.3 Å². The van der Waals surface area contributed by atoms with Crippen molar-refractivity contribution in [1.82, 2.24) is 9.47 Å². The lowest BCUT2D eigenvalue weighted by molar-refractivity contribution is 0.279. The number of nitrogens with zero attached hydrogens (tertiary/aromatic N) is 3. The fraction of sp³-hybridized carbons (Fsp3) is 0.464. The summed E-state index contributed by atoms with van der Waals surface area (Å²) in [6, 6.07) is 17.0. The highest BCUT2D eigenvalue weighted by atomic mass is 16.5. The van der Waals surface area contributed by atoms with Gasteiger partial charge in [-0.25, -0.2) is 0 Å². The van der Waals surface area contributed by atoms with Crippen molar-refractivity contribution in [3.8, 4) is 23.1 Å². The fourth-order valence-corrected chi connectivity index (χ4v) is 5.08. The first-order valence-corrected chi connectivity index (χ1v) is 12.5. The van der Waals surface area contributed by atoms with Gasteiger partial charge in [0.15, 0.2) is 0 Å². The number of aromatic nitrogens is 1. The molecule has 2 aromatic carbocycles. The average molecular weight is 461 g/mol. The van der Waals surface area contributed by atoms with Gasteiger partial charge in [-0.2, -0.15) is 5.26 Å². The number of anilines is 1. The topological polar surface area (TPSA) is 87.4 Å². The lowest BCUT2D eigenvalue weighted by atomic mass is 9.92. The monoisotopic (exact) mass is 460 g/mol. The summed E-state index contributed by atoms with van der Waals surface area (Å²) in [4.78, 5) is 2.56. The highest BCUT2D eigenvalue weighted by Gasteiger charge is 2.28. The van der Waals surface area contributed by atoms with E-state index in [4.69, 9.17) is 15.6 Å². The van der Waals surface area contributed by atoms with Crippen LogP contribution in [0.3, 0.4) is 0 Å². The molecule has 3 aromatic rings. The molecule has 6 nitrogen and oxygen atoms in total. The van der Waals surface area contributed by atoms with Gasteiger partial charge in [-0.3, -0.25) is 0 Å². The highest BCUT2D eigenvalue weighted by Crippen LogP contribution is 2.43. The van der Waals surface area contributed by atoms with E-state index in [1.807, 2.05) is 30.3 Å². The third kappa shape index (κ3) is 5.06. The fourth-order valence-electron chi connectivity index (χ4n) is 5.08. The van der Waals surface area contributed by atoms with Gasteiger partial charge in [-0.05, 0) is 94.4 Å². The third-order valence-corrected chi connectivity index (χ3v) is 7.05. The highest BCUT2D eigenvalue weighted by molar-refractivity contribution is 5.95. The summed E-state index contributed by atoms with van der Waals surface area (Å²) in [6.45, 7) is 4.43. The van der Waals surface area contributed by atoms with Crippen molar-refractivity contribution in [2.24, 2.45) is 0 Å². The van der Waals surface area contributed by atoms with Crippen LogP contribution in [-0.2, 0) is 0 Å².